The van der Waals surface area contributed by atoms with Crippen LogP contribution in [0.5, 0.6) is 0 Å². The number of rotatable bonds is 0. The molecule has 0 amide bonds. The highest BCUT2D eigenvalue weighted by Gasteiger charge is 2.36. The summed E-state index contributed by atoms with van der Waals surface area (Å²) >= 11 is 8.61. The fourth-order valence-electron chi connectivity index (χ4n) is 1.66. The number of fused-ring (bicyclic) bond motifs is 1. The third-order valence-corrected chi connectivity index (χ3v) is 3.79. The Bertz CT molecular complexity index is 683. The SMILES string of the molecule is Cc1c(C(F)(F)F)nc2c(F)cc(F)c(Br)c2c1Cl. The van der Waals surface area contributed by atoms with E-state index in [-0.39, 0.29) is 20.4 Å². The second kappa shape index (κ2) is 4.56. The molecule has 0 saturated heterocycles. The second-order valence-corrected chi connectivity index (χ2v) is 4.95. The average molecular weight is 361 g/mol. The molecule has 2 rings (SSSR count). The first-order valence-corrected chi connectivity index (χ1v) is 6.02. The van der Waals surface area contributed by atoms with Gasteiger partial charge in [-0.1, -0.05) is 11.6 Å². The van der Waals surface area contributed by atoms with Crippen LogP contribution in [-0.2, 0) is 6.18 Å². The summed E-state index contributed by atoms with van der Waals surface area (Å²) in [5.74, 6) is -2.17. The summed E-state index contributed by atoms with van der Waals surface area (Å²) in [5.41, 5.74) is -2.30. The van der Waals surface area contributed by atoms with Crippen molar-refractivity contribution in [2.24, 2.45) is 0 Å². The molecule has 0 atom stereocenters. The van der Waals surface area contributed by atoms with Crippen LogP contribution in [-0.4, -0.2) is 4.98 Å². The first kappa shape index (κ1) is 14.5. The zero-order valence-corrected chi connectivity index (χ0v) is 11.5. The molecule has 0 aliphatic rings. The molecule has 0 saturated carbocycles. The minimum absolute atomic E-state index is 0.218. The highest BCUT2D eigenvalue weighted by molar-refractivity contribution is 9.10. The van der Waals surface area contributed by atoms with Crippen LogP contribution in [0, 0.1) is 18.6 Å². The highest BCUT2D eigenvalue weighted by Crippen LogP contribution is 2.40. The Morgan fingerprint density at radius 2 is 1.79 bits per heavy atom. The van der Waals surface area contributed by atoms with Crippen LogP contribution in [0.3, 0.4) is 0 Å². The van der Waals surface area contributed by atoms with Gasteiger partial charge in [-0.2, -0.15) is 13.2 Å². The number of benzene rings is 1. The molecule has 1 heterocycles. The predicted octanol–water partition coefficient (Wildman–Crippen LogP) is 5.26. The summed E-state index contributed by atoms with van der Waals surface area (Å²) in [6.07, 6.45) is -4.77. The largest absolute Gasteiger partial charge is 0.433 e. The van der Waals surface area contributed by atoms with Crippen molar-refractivity contribution in [1.82, 2.24) is 4.98 Å². The maximum atomic E-state index is 13.6. The number of aromatic nitrogens is 1. The molecule has 2 aromatic rings. The minimum Gasteiger partial charge on any atom is -0.240 e. The van der Waals surface area contributed by atoms with Crippen molar-refractivity contribution in [2.75, 3.05) is 0 Å². The molecule has 0 spiro atoms. The summed E-state index contributed by atoms with van der Waals surface area (Å²) < 4.78 is 64.9. The molecule has 0 unspecified atom stereocenters. The van der Waals surface area contributed by atoms with E-state index >= 15 is 0 Å². The Morgan fingerprint density at radius 1 is 1.21 bits per heavy atom. The van der Waals surface area contributed by atoms with Crippen molar-refractivity contribution >= 4 is 38.4 Å². The number of alkyl halides is 3. The molecule has 0 N–H and O–H groups in total. The van der Waals surface area contributed by atoms with E-state index < -0.39 is 29.0 Å². The number of halogens is 7. The van der Waals surface area contributed by atoms with Crippen molar-refractivity contribution in [2.45, 2.75) is 13.1 Å². The quantitative estimate of drug-likeness (QED) is 0.461. The summed E-state index contributed by atoms with van der Waals surface area (Å²) in [4.78, 5) is 3.23. The number of hydrogen-bond donors (Lipinski definition) is 0. The lowest BCUT2D eigenvalue weighted by molar-refractivity contribution is -0.141. The molecule has 0 aliphatic heterocycles. The van der Waals surface area contributed by atoms with E-state index in [4.69, 9.17) is 11.6 Å². The molecule has 19 heavy (non-hydrogen) atoms. The van der Waals surface area contributed by atoms with Gasteiger partial charge in [0, 0.05) is 11.5 Å². The van der Waals surface area contributed by atoms with Gasteiger partial charge in [0.15, 0.2) is 5.82 Å². The lowest BCUT2D eigenvalue weighted by Crippen LogP contribution is -2.12. The van der Waals surface area contributed by atoms with Gasteiger partial charge >= 0.3 is 6.18 Å². The van der Waals surface area contributed by atoms with E-state index in [1.807, 2.05) is 0 Å². The van der Waals surface area contributed by atoms with E-state index in [1.54, 1.807) is 0 Å². The predicted molar refractivity (Wildman–Crippen MR) is 64.1 cm³/mol. The topological polar surface area (TPSA) is 12.9 Å². The first-order chi connectivity index (χ1) is 8.64. The van der Waals surface area contributed by atoms with Gasteiger partial charge in [0.05, 0.1) is 9.50 Å². The Hall–Kier alpha value is -0.950. The molecular weight excluding hydrogens is 356 g/mol. The van der Waals surface area contributed by atoms with E-state index in [2.05, 4.69) is 20.9 Å². The third-order valence-electron chi connectivity index (χ3n) is 2.54. The van der Waals surface area contributed by atoms with Gasteiger partial charge in [-0.3, -0.25) is 0 Å². The van der Waals surface area contributed by atoms with Crippen LogP contribution in [0.15, 0.2) is 10.5 Å². The van der Waals surface area contributed by atoms with Crippen LogP contribution in [0.1, 0.15) is 11.3 Å². The average Bonchev–Trinajstić information content (AvgIpc) is 2.28. The Labute approximate surface area is 117 Å². The van der Waals surface area contributed by atoms with Crippen molar-refractivity contribution in [1.29, 1.82) is 0 Å². The molecular formula is C11H4BrClF5N. The Kier molecular flexibility index (Phi) is 3.47. The zero-order valence-electron chi connectivity index (χ0n) is 9.17. The van der Waals surface area contributed by atoms with Gasteiger partial charge in [0.25, 0.3) is 0 Å². The first-order valence-electron chi connectivity index (χ1n) is 4.85. The number of nitrogens with zero attached hydrogens (tertiary/aromatic N) is 1. The van der Waals surface area contributed by atoms with E-state index in [0.717, 1.165) is 6.92 Å². The van der Waals surface area contributed by atoms with Crippen LogP contribution in [0.2, 0.25) is 5.02 Å². The van der Waals surface area contributed by atoms with Gasteiger partial charge in [-0.25, -0.2) is 13.8 Å². The van der Waals surface area contributed by atoms with Gasteiger partial charge in [0.2, 0.25) is 0 Å². The molecule has 0 aliphatic carbocycles. The van der Waals surface area contributed by atoms with E-state index in [1.165, 1.54) is 0 Å². The van der Waals surface area contributed by atoms with Gasteiger partial charge in [0.1, 0.15) is 17.0 Å². The summed E-state index contributed by atoms with van der Waals surface area (Å²) in [6, 6.07) is 0.450. The molecule has 8 heteroatoms. The summed E-state index contributed by atoms with van der Waals surface area (Å²) in [5, 5.41) is -0.604. The molecule has 1 aromatic heterocycles. The van der Waals surface area contributed by atoms with Crippen LogP contribution in [0.25, 0.3) is 10.9 Å². The smallest absolute Gasteiger partial charge is 0.240 e. The van der Waals surface area contributed by atoms with Gasteiger partial charge in [-0.15, -0.1) is 0 Å². The van der Waals surface area contributed by atoms with E-state index in [9.17, 15) is 22.0 Å². The van der Waals surface area contributed by atoms with Crippen molar-refractivity contribution in [3.05, 3.63) is 38.5 Å². The second-order valence-electron chi connectivity index (χ2n) is 3.77. The van der Waals surface area contributed by atoms with Crippen molar-refractivity contribution in [3.8, 4) is 0 Å². The Balaban J connectivity index is 3.01. The lowest BCUT2D eigenvalue weighted by atomic mass is 10.1. The van der Waals surface area contributed by atoms with Crippen molar-refractivity contribution < 1.29 is 22.0 Å². The molecule has 0 bridgehead atoms. The Morgan fingerprint density at radius 3 is 2.32 bits per heavy atom. The molecule has 102 valence electrons. The zero-order chi connectivity index (χ0) is 14.5. The minimum atomic E-state index is -4.77. The maximum absolute atomic E-state index is 13.6. The fraction of sp³-hybridized carbons (Fsp3) is 0.182. The van der Waals surface area contributed by atoms with Crippen LogP contribution in [0.4, 0.5) is 22.0 Å². The third kappa shape index (κ3) is 2.29. The lowest BCUT2D eigenvalue weighted by Gasteiger charge is -2.14. The normalized spacial score (nSPS) is 12.2. The summed E-state index contributed by atoms with van der Waals surface area (Å²) in [7, 11) is 0. The highest BCUT2D eigenvalue weighted by atomic mass is 79.9. The number of hydrogen-bond acceptors (Lipinski definition) is 1. The number of pyridine rings is 1. The molecule has 0 radical (unpaired) electrons. The molecule has 1 nitrogen and oxygen atoms in total. The van der Waals surface area contributed by atoms with Gasteiger partial charge in [-0.05, 0) is 28.4 Å². The molecule has 1 aromatic carbocycles. The van der Waals surface area contributed by atoms with E-state index in [0.29, 0.717) is 6.07 Å². The van der Waals surface area contributed by atoms with Gasteiger partial charge < -0.3 is 0 Å². The maximum Gasteiger partial charge on any atom is 0.433 e. The van der Waals surface area contributed by atoms with Crippen LogP contribution >= 0.6 is 27.5 Å². The fourth-order valence-corrected chi connectivity index (χ4v) is 2.55. The standard InChI is InChI=1S/C11H4BrClF5N/c1-3-8(13)6-7(12)4(14)2-5(15)9(6)19-10(3)11(16,17)18/h2H,1H3. The molecule has 0 fully saturated rings. The van der Waals surface area contributed by atoms with Crippen molar-refractivity contribution in [3.63, 3.8) is 0 Å². The summed E-state index contributed by atoms with van der Waals surface area (Å²) in [6.45, 7) is 1.09. The van der Waals surface area contributed by atoms with Crippen LogP contribution < -0.4 is 0 Å². The monoisotopic (exact) mass is 359 g/mol.